The fourth-order valence-electron chi connectivity index (χ4n) is 2.20. The van der Waals surface area contributed by atoms with E-state index in [0.29, 0.717) is 6.41 Å². The normalized spacial score (nSPS) is 15.4. The summed E-state index contributed by atoms with van der Waals surface area (Å²) in [6, 6.07) is 7.69. The van der Waals surface area contributed by atoms with E-state index in [1.807, 2.05) is 29.2 Å². The number of piperazine rings is 1. The van der Waals surface area contributed by atoms with Crippen molar-refractivity contribution in [2.75, 3.05) is 36.4 Å². The highest BCUT2D eigenvalue weighted by atomic mass is 16.2. The first-order chi connectivity index (χ1) is 8.72. The van der Waals surface area contributed by atoms with Crippen molar-refractivity contribution in [1.29, 1.82) is 0 Å². The lowest BCUT2D eigenvalue weighted by Crippen LogP contribution is -2.48. The standard InChI is InChI=1S/C13H17N3O2/c1-11(18)15-6-8-16(9-7-15)13-5-3-2-4-12(13)14-10-17/h2-5,10H,6-9H2,1H3,(H,14,17). The van der Waals surface area contributed by atoms with Crippen molar-refractivity contribution in [3.05, 3.63) is 24.3 Å². The van der Waals surface area contributed by atoms with Crippen LogP contribution in [0.4, 0.5) is 11.4 Å². The Bertz CT molecular complexity index is 440. The van der Waals surface area contributed by atoms with Crippen LogP contribution in [-0.4, -0.2) is 43.4 Å². The van der Waals surface area contributed by atoms with Crippen LogP contribution in [-0.2, 0) is 9.59 Å². The SMILES string of the molecule is CC(=O)N1CCN(c2ccccc2NC=O)CC1. The summed E-state index contributed by atoms with van der Waals surface area (Å²) in [5.41, 5.74) is 1.82. The number of amides is 2. The van der Waals surface area contributed by atoms with E-state index in [0.717, 1.165) is 37.6 Å². The molecule has 1 fully saturated rings. The smallest absolute Gasteiger partial charge is 0.219 e. The van der Waals surface area contributed by atoms with Gasteiger partial charge in [0.1, 0.15) is 0 Å². The molecule has 2 rings (SSSR count). The summed E-state index contributed by atoms with van der Waals surface area (Å²) >= 11 is 0. The van der Waals surface area contributed by atoms with Crippen molar-refractivity contribution in [3.63, 3.8) is 0 Å². The molecule has 0 unspecified atom stereocenters. The van der Waals surface area contributed by atoms with Gasteiger partial charge in [-0.3, -0.25) is 9.59 Å². The first-order valence-electron chi connectivity index (χ1n) is 6.02. The molecule has 0 saturated carbocycles. The number of nitrogens with one attached hydrogen (secondary N) is 1. The Morgan fingerprint density at radius 3 is 2.50 bits per heavy atom. The molecule has 0 aromatic heterocycles. The van der Waals surface area contributed by atoms with Crippen molar-refractivity contribution in [2.24, 2.45) is 0 Å². The van der Waals surface area contributed by atoms with Crippen molar-refractivity contribution >= 4 is 23.7 Å². The van der Waals surface area contributed by atoms with Crippen LogP contribution < -0.4 is 10.2 Å². The van der Waals surface area contributed by atoms with Gasteiger partial charge in [-0.15, -0.1) is 0 Å². The summed E-state index contributed by atoms with van der Waals surface area (Å²) in [5, 5.41) is 2.70. The first-order valence-corrected chi connectivity index (χ1v) is 6.02. The maximum Gasteiger partial charge on any atom is 0.219 e. The highest BCUT2D eigenvalue weighted by molar-refractivity contribution is 5.81. The minimum Gasteiger partial charge on any atom is -0.366 e. The van der Waals surface area contributed by atoms with Crippen LogP contribution in [0, 0.1) is 0 Å². The van der Waals surface area contributed by atoms with Gasteiger partial charge in [-0.05, 0) is 12.1 Å². The molecule has 1 N–H and O–H groups in total. The maximum absolute atomic E-state index is 11.3. The Balaban J connectivity index is 2.09. The molecule has 2 amide bonds. The number of anilines is 2. The lowest BCUT2D eigenvalue weighted by molar-refractivity contribution is -0.129. The van der Waals surface area contributed by atoms with Gasteiger partial charge in [-0.25, -0.2) is 0 Å². The maximum atomic E-state index is 11.3. The molecular weight excluding hydrogens is 230 g/mol. The quantitative estimate of drug-likeness (QED) is 0.808. The molecule has 5 nitrogen and oxygen atoms in total. The summed E-state index contributed by atoms with van der Waals surface area (Å²) in [6.45, 7) is 4.63. The zero-order valence-electron chi connectivity index (χ0n) is 10.4. The number of carbonyl (C=O) groups excluding carboxylic acids is 2. The average molecular weight is 247 g/mol. The molecule has 18 heavy (non-hydrogen) atoms. The highest BCUT2D eigenvalue weighted by Gasteiger charge is 2.20. The Kier molecular flexibility index (Phi) is 3.82. The number of nitrogens with zero attached hydrogens (tertiary/aromatic N) is 2. The van der Waals surface area contributed by atoms with Crippen LogP contribution in [0.3, 0.4) is 0 Å². The first kappa shape index (κ1) is 12.4. The van der Waals surface area contributed by atoms with Crippen LogP contribution in [0.5, 0.6) is 0 Å². The molecule has 0 atom stereocenters. The van der Waals surface area contributed by atoms with Gasteiger partial charge in [0.25, 0.3) is 0 Å². The summed E-state index contributed by atoms with van der Waals surface area (Å²) in [6.07, 6.45) is 0.685. The number of para-hydroxylation sites is 2. The molecule has 0 bridgehead atoms. The Hall–Kier alpha value is -2.04. The monoisotopic (exact) mass is 247 g/mol. The number of hydrogen-bond donors (Lipinski definition) is 1. The van der Waals surface area contributed by atoms with Gasteiger partial charge >= 0.3 is 0 Å². The van der Waals surface area contributed by atoms with Gasteiger partial charge in [0.05, 0.1) is 11.4 Å². The molecule has 96 valence electrons. The van der Waals surface area contributed by atoms with Crippen LogP contribution in [0.1, 0.15) is 6.92 Å². The highest BCUT2D eigenvalue weighted by Crippen LogP contribution is 2.25. The molecule has 1 aromatic carbocycles. The molecule has 0 radical (unpaired) electrons. The van der Waals surface area contributed by atoms with E-state index in [2.05, 4.69) is 10.2 Å². The Morgan fingerprint density at radius 1 is 1.22 bits per heavy atom. The zero-order chi connectivity index (χ0) is 13.0. The van der Waals surface area contributed by atoms with Crippen molar-refractivity contribution in [3.8, 4) is 0 Å². The number of rotatable bonds is 3. The second kappa shape index (κ2) is 5.53. The van der Waals surface area contributed by atoms with Crippen molar-refractivity contribution in [1.82, 2.24) is 4.90 Å². The summed E-state index contributed by atoms with van der Waals surface area (Å²) < 4.78 is 0. The fraction of sp³-hybridized carbons (Fsp3) is 0.385. The second-order valence-electron chi connectivity index (χ2n) is 4.27. The fourth-order valence-corrected chi connectivity index (χ4v) is 2.20. The van der Waals surface area contributed by atoms with E-state index < -0.39 is 0 Å². The molecule has 1 heterocycles. The summed E-state index contributed by atoms with van der Waals surface area (Å²) in [7, 11) is 0. The summed E-state index contributed by atoms with van der Waals surface area (Å²) in [5.74, 6) is 0.119. The van der Waals surface area contributed by atoms with Gasteiger partial charge in [0, 0.05) is 33.1 Å². The Morgan fingerprint density at radius 2 is 1.89 bits per heavy atom. The number of hydrogen-bond acceptors (Lipinski definition) is 3. The predicted molar refractivity (Wildman–Crippen MR) is 70.6 cm³/mol. The van der Waals surface area contributed by atoms with Crippen LogP contribution in [0.2, 0.25) is 0 Å². The molecule has 1 saturated heterocycles. The zero-order valence-corrected chi connectivity index (χ0v) is 10.4. The van der Waals surface area contributed by atoms with Gasteiger partial charge in [-0.1, -0.05) is 12.1 Å². The van der Waals surface area contributed by atoms with Gasteiger partial charge in [0.15, 0.2) is 0 Å². The van der Waals surface area contributed by atoms with Crippen molar-refractivity contribution < 1.29 is 9.59 Å². The molecule has 0 aliphatic carbocycles. The minimum atomic E-state index is 0.119. The lowest BCUT2D eigenvalue weighted by Gasteiger charge is -2.36. The third kappa shape index (κ3) is 2.61. The van der Waals surface area contributed by atoms with E-state index in [4.69, 9.17) is 0 Å². The molecule has 1 aliphatic rings. The Labute approximate surface area is 106 Å². The number of benzene rings is 1. The van der Waals surface area contributed by atoms with Crippen LogP contribution in [0.15, 0.2) is 24.3 Å². The molecule has 1 aromatic rings. The second-order valence-corrected chi connectivity index (χ2v) is 4.27. The summed E-state index contributed by atoms with van der Waals surface area (Å²) in [4.78, 5) is 25.9. The van der Waals surface area contributed by atoms with Gasteiger partial charge in [-0.2, -0.15) is 0 Å². The molecule has 1 aliphatic heterocycles. The van der Waals surface area contributed by atoms with Gasteiger partial charge < -0.3 is 15.1 Å². The molecule has 5 heteroatoms. The third-order valence-electron chi connectivity index (χ3n) is 3.18. The van der Waals surface area contributed by atoms with E-state index in [1.54, 1.807) is 6.92 Å². The van der Waals surface area contributed by atoms with E-state index in [9.17, 15) is 9.59 Å². The molecule has 0 spiro atoms. The van der Waals surface area contributed by atoms with Crippen molar-refractivity contribution in [2.45, 2.75) is 6.92 Å². The largest absolute Gasteiger partial charge is 0.366 e. The van der Waals surface area contributed by atoms with Gasteiger partial charge in [0.2, 0.25) is 12.3 Å². The number of carbonyl (C=O) groups is 2. The topological polar surface area (TPSA) is 52.7 Å². The van der Waals surface area contributed by atoms with Crippen LogP contribution in [0.25, 0.3) is 0 Å². The van der Waals surface area contributed by atoms with Crippen LogP contribution >= 0.6 is 0 Å². The molecular formula is C13H17N3O2. The third-order valence-corrected chi connectivity index (χ3v) is 3.18. The lowest BCUT2D eigenvalue weighted by atomic mass is 10.2. The minimum absolute atomic E-state index is 0.119. The van der Waals surface area contributed by atoms with E-state index >= 15 is 0 Å². The average Bonchev–Trinajstić information content (AvgIpc) is 2.40. The van der Waals surface area contributed by atoms with E-state index in [1.165, 1.54) is 0 Å². The van der Waals surface area contributed by atoms with E-state index in [-0.39, 0.29) is 5.91 Å². The predicted octanol–water partition coefficient (Wildman–Crippen LogP) is 0.923.